The van der Waals surface area contributed by atoms with Crippen LogP contribution in [0, 0.1) is 0 Å². The number of hydrogen-bond acceptors (Lipinski definition) is 5. The molecular formula is C9H8O5. The van der Waals surface area contributed by atoms with Crippen molar-refractivity contribution in [3.8, 4) is 0 Å². The van der Waals surface area contributed by atoms with Crippen molar-refractivity contribution in [2.45, 2.75) is 18.0 Å². The van der Waals surface area contributed by atoms with Gasteiger partial charge in [0.15, 0.2) is 18.0 Å². The fourth-order valence-electron chi connectivity index (χ4n) is 1.86. The van der Waals surface area contributed by atoms with Crippen molar-refractivity contribution in [2.75, 3.05) is 13.2 Å². The topological polar surface area (TPSA) is 65.1 Å². The quantitative estimate of drug-likeness (QED) is 0.475. The van der Waals surface area contributed by atoms with E-state index in [1.807, 2.05) is 0 Å². The van der Waals surface area contributed by atoms with Gasteiger partial charge in [-0.25, -0.2) is 0 Å². The van der Waals surface area contributed by atoms with Gasteiger partial charge in [-0.2, -0.15) is 0 Å². The highest BCUT2D eigenvalue weighted by atomic mass is 16.8. The smallest absolute Gasteiger partial charge is 0.263 e. The fourth-order valence-corrected chi connectivity index (χ4v) is 1.86. The SMILES string of the molecule is O=C1C=CC(=O)C2(OCCO2)C2OC12. The molecule has 1 spiro atoms. The van der Waals surface area contributed by atoms with Gasteiger partial charge in [0.2, 0.25) is 5.78 Å². The Labute approximate surface area is 79.6 Å². The molecular weight excluding hydrogens is 188 g/mol. The minimum Gasteiger partial charge on any atom is -0.354 e. The van der Waals surface area contributed by atoms with Crippen LogP contribution in [0.4, 0.5) is 0 Å². The van der Waals surface area contributed by atoms with E-state index in [2.05, 4.69) is 0 Å². The molecule has 2 aliphatic heterocycles. The monoisotopic (exact) mass is 196 g/mol. The van der Waals surface area contributed by atoms with Crippen molar-refractivity contribution in [2.24, 2.45) is 0 Å². The Morgan fingerprint density at radius 3 is 2.64 bits per heavy atom. The predicted octanol–water partition coefficient (Wildman–Crippen LogP) is -0.795. The minimum atomic E-state index is -1.34. The van der Waals surface area contributed by atoms with Crippen LogP contribution in [0.15, 0.2) is 12.2 Å². The number of rotatable bonds is 0. The molecule has 0 N–H and O–H groups in total. The Morgan fingerprint density at radius 2 is 1.93 bits per heavy atom. The molecule has 3 rings (SSSR count). The third kappa shape index (κ3) is 0.890. The van der Waals surface area contributed by atoms with Gasteiger partial charge >= 0.3 is 0 Å². The molecule has 0 bridgehead atoms. The number of epoxide rings is 1. The van der Waals surface area contributed by atoms with Gasteiger partial charge in [-0.05, 0) is 12.2 Å². The van der Waals surface area contributed by atoms with Crippen molar-refractivity contribution < 1.29 is 23.8 Å². The molecule has 5 heteroatoms. The van der Waals surface area contributed by atoms with Gasteiger partial charge in [-0.1, -0.05) is 0 Å². The van der Waals surface area contributed by atoms with Gasteiger partial charge in [0.25, 0.3) is 5.79 Å². The molecule has 0 aromatic heterocycles. The second-order valence-electron chi connectivity index (χ2n) is 3.44. The summed E-state index contributed by atoms with van der Waals surface area (Å²) in [6.07, 6.45) is 1.33. The second kappa shape index (κ2) is 2.50. The number of hydrogen-bond donors (Lipinski definition) is 0. The zero-order valence-electron chi connectivity index (χ0n) is 7.26. The van der Waals surface area contributed by atoms with Gasteiger partial charge in [0, 0.05) is 0 Å². The van der Waals surface area contributed by atoms with Crippen LogP contribution in [0.1, 0.15) is 0 Å². The van der Waals surface area contributed by atoms with Gasteiger partial charge in [0.1, 0.15) is 0 Å². The lowest BCUT2D eigenvalue weighted by molar-refractivity contribution is -0.182. The summed E-state index contributed by atoms with van der Waals surface area (Å²) in [7, 11) is 0. The van der Waals surface area contributed by atoms with Crippen LogP contribution in [0.25, 0.3) is 0 Å². The molecule has 0 aromatic carbocycles. The van der Waals surface area contributed by atoms with E-state index in [1.165, 1.54) is 12.2 Å². The molecule has 5 nitrogen and oxygen atoms in total. The summed E-state index contributed by atoms with van der Waals surface area (Å²) >= 11 is 0. The first-order chi connectivity index (χ1) is 6.74. The minimum absolute atomic E-state index is 0.195. The molecule has 2 unspecified atom stereocenters. The molecule has 0 aromatic rings. The Balaban J connectivity index is 2.01. The van der Waals surface area contributed by atoms with E-state index in [1.54, 1.807) is 0 Å². The van der Waals surface area contributed by atoms with E-state index >= 15 is 0 Å². The first-order valence-electron chi connectivity index (χ1n) is 4.44. The van der Waals surface area contributed by atoms with Crippen molar-refractivity contribution >= 4 is 11.6 Å². The van der Waals surface area contributed by atoms with E-state index in [9.17, 15) is 9.59 Å². The fraction of sp³-hybridized carbons (Fsp3) is 0.556. The molecule has 74 valence electrons. The maximum absolute atomic E-state index is 11.7. The molecule has 2 fully saturated rings. The lowest BCUT2D eigenvalue weighted by Gasteiger charge is -2.21. The molecule has 1 aliphatic carbocycles. The molecule has 2 heterocycles. The van der Waals surface area contributed by atoms with Gasteiger partial charge < -0.3 is 14.2 Å². The van der Waals surface area contributed by atoms with Crippen LogP contribution in [-0.2, 0) is 23.8 Å². The van der Waals surface area contributed by atoms with Gasteiger partial charge in [-0.3, -0.25) is 9.59 Å². The van der Waals surface area contributed by atoms with E-state index < -0.39 is 18.0 Å². The molecule has 0 amide bonds. The average Bonchev–Trinajstić information content (AvgIpc) is 2.85. The van der Waals surface area contributed by atoms with Crippen LogP contribution in [-0.4, -0.2) is 42.8 Å². The summed E-state index contributed by atoms with van der Waals surface area (Å²) in [6.45, 7) is 0.723. The van der Waals surface area contributed by atoms with E-state index in [0.29, 0.717) is 13.2 Å². The molecule has 2 atom stereocenters. The summed E-state index contributed by atoms with van der Waals surface area (Å²) in [5, 5.41) is 0. The molecule has 2 saturated heterocycles. The number of carbonyl (C=O) groups is 2. The maximum Gasteiger partial charge on any atom is 0.263 e. The normalized spacial score (nSPS) is 38.6. The zero-order chi connectivity index (χ0) is 9.76. The summed E-state index contributed by atoms with van der Waals surface area (Å²) < 4.78 is 15.7. The average molecular weight is 196 g/mol. The number of carbonyl (C=O) groups excluding carboxylic acids is 2. The number of fused-ring (bicyclic) bond motifs is 2. The lowest BCUT2D eigenvalue weighted by atomic mass is 10.1. The van der Waals surface area contributed by atoms with E-state index in [4.69, 9.17) is 14.2 Å². The third-order valence-corrected chi connectivity index (χ3v) is 2.61. The van der Waals surface area contributed by atoms with Crippen molar-refractivity contribution in [3.63, 3.8) is 0 Å². The molecule has 0 radical (unpaired) electrons. The molecule has 14 heavy (non-hydrogen) atoms. The van der Waals surface area contributed by atoms with Crippen LogP contribution in [0.5, 0.6) is 0 Å². The van der Waals surface area contributed by atoms with Crippen LogP contribution in [0.3, 0.4) is 0 Å². The van der Waals surface area contributed by atoms with Gasteiger partial charge in [0.05, 0.1) is 13.2 Å². The van der Waals surface area contributed by atoms with E-state index in [0.717, 1.165) is 0 Å². The molecule has 3 aliphatic rings. The Morgan fingerprint density at radius 1 is 1.21 bits per heavy atom. The summed E-state index contributed by atoms with van der Waals surface area (Å²) in [6, 6.07) is 0. The Hall–Kier alpha value is -1.04. The highest BCUT2D eigenvalue weighted by molar-refractivity contribution is 6.08. The third-order valence-electron chi connectivity index (χ3n) is 2.61. The summed E-state index contributed by atoms with van der Waals surface area (Å²) in [5.74, 6) is -1.87. The standard InChI is InChI=1S/C9H8O5/c10-5-1-2-6(11)9(8-7(5)14-8)12-3-4-13-9/h1-2,7-8H,3-4H2. The summed E-state index contributed by atoms with van der Waals surface area (Å²) in [4.78, 5) is 22.9. The van der Waals surface area contributed by atoms with Crippen LogP contribution >= 0.6 is 0 Å². The van der Waals surface area contributed by atoms with Crippen molar-refractivity contribution in [1.29, 1.82) is 0 Å². The first kappa shape index (κ1) is 8.28. The van der Waals surface area contributed by atoms with Crippen LogP contribution in [0.2, 0.25) is 0 Å². The van der Waals surface area contributed by atoms with Crippen molar-refractivity contribution in [3.05, 3.63) is 12.2 Å². The predicted molar refractivity (Wildman–Crippen MR) is 42.5 cm³/mol. The zero-order valence-corrected chi connectivity index (χ0v) is 7.26. The highest BCUT2D eigenvalue weighted by Gasteiger charge is 2.65. The second-order valence-corrected chi connectivity index (χ2v) is 3.44. The van der Waals surface area contributed by atoms with Gasteiger partial charge in [-0.15, -0.1) is 0 Å². The molecule has 0 saturated carbocycles. The Bertz CT molecular complexity index is 339. The largest absolute Gasteiger partial charge is 0.354 e. The first-order valence-corrected chi connectivity index (χ1v) is 4.44. The van der Waals surface area contributed by atoms with E-state index in [-0.39, 0.29) is 11.6 Å². The maximum atomic E-state index is 11.7. The number of ether oxygens (including phenoxy) is 3. The Kier molecular flexibility index (Phi) is 1.48. The summed E-state index contributed by atoms with van der Waals surface area (Å²) in [5.41, 5.74) is 0. The number of ketones is 2. The van der Waals surface area contributed by atoms with Crippen LogP contribution < -0.4 is 0 Å². The highest BCUT2D eigenvalue weighted by Crippen LogP contribution is 2.41. The van der Waals surface area contributed by atoms with Crippen molar-refractivity contribution in [1.82, 2.24) is 0 Å². The lowest BCUT2D eigenvalue weighted by Crippen LogP contribution is -2.45.